The normalized spacial score (nSPS) is 15.7. The maximum absolute atomic E-state index is 14.2. The van der Waals surface area contributed by atoms with E-state index in [9.17, 15) is 19.2 Å². The van der Waals surface area contributed by atoms with E-state index in [1.165, 1.54) is 0 Å². The van der Waals surface area contributed by atoms with Gasteiger partial charge in [0, 0.05) is 18.0 Å². The Hall–Kier alpha value is -3.10. The molecule has 4 amide bonds. The van der Waals surface area contributed by atoms with Crippen molar-refractivity contribution in [3.05, 3.63) is 34.9 Å². The number of ether oxygens (including phenoxy) is 1. The molecule has 37 heavy (non-hydrogen) atoms. The summed E-state index contributed by atoms with van der Waals surface area (Å²) in [6.07, 6.45) is 1.53. The van der Waals surface area contributed by atoms with Gasteiger partial charge in [-0.25, -0.2) is 4.79 Å². The first kappa shape index (κ1) is 30.1. The smallest absolute Gasteiger partial charge is 0.408 e. The van der Waals surface area contributed by atoms with Crippen molar-refractivity contribution >= 4 is 23.8 Å². The zero-order valence-corrected chi connectivity index (χ0v) is 23.6. The highest BCUT2D eigenvalue weighted by Crippen LogP contribution is 2.35. The van der Waals surface area contributed by atoms with E-state index < -0.39 is 41.1 Å². The van der Waals surface area contributed by atoms with Crippen LogP contribution in [0.5, 0.6) is 0 Å². The maximum atomic E-state index is 14.2. The van der Waals surface area contributed by atoms with Crippen LogP contribution in [0.3, 0.4) is 0 Å². The van der Waals surface area contributed by atoms with Gasteiger partial charge >= 0.3 is 6.09 Å². The molecule has 0 aliphatic heterocycles. The number of nitrogens with two attached hydrogens (primary N) is 1. The van der Waals surface area contributed by atoms with Crippen molar-refractivity contribution < 1.29 is 23.9 Å². The van der Waals surface area contributed by atoms with Crippen molar-refractivity contribution in [1.82, 2.24) is 15.5 Å². The number of aryl methyl sites for hydroxylation is 2. The number of primary amides is 1. The molecule has 0 bridgehead atoms. The Bertz CT molecular complexity index is 1000. The molecule has 2 unspecified atom stereocenters. The molecule has 1 fully saturated rings. The number of nitrogens with zero attached hydrogens (tertiary/aromatic N) is 1. The highest BCUT2D eigenvalue weighted by Gasteiger charge is 2.42. The molecule has 206 valence electrons. The number of nitrogens with one attached hydrogen (secondary N) is 2. The fourth-order valence-corrected chi connectivity index (χ4v) is 4.17. The lowest BCUT2D eigenvalue weighted by atomic mass is 9.87. The van der Waals surface area contributed by atoms with Gasteiger partial charge in [-0.3, -0.25) is 14.4 Å². The zero-order valence-electron chi connectivity index (χ0n) is 23.6. The van der Waals surface area contributed by atoms with Crippen LogP contribution in [-0.2, 0) is 19.1 Å². The summed E-state index contributed by atoms with van der Waals surface area (Å²) in [7, 11) is 0. The number of carbonyl (C=O) groups excluding carboxylic acids is 4. The summed E-state index contributed by atoms with van der Waals surface area (Å²) in [5.74, 6) is -1.33. The Morgan fingerprint density at radius 3 is 2.14 bits per heavy atom. The quantitative estimate of drug-likeness (QED) is 0.459. The minimum Gasteiger partial charge on any atom is -0.444 e. The first-order valence-electron chi connectivity index (χ1n) is 13.0. The average Bonchev–Trinajstić information content (AvgIpc) is 2.68. The van der Waals surface area contributed by atoms with E-state index >= 15 is 0 Å². The standard InChI is InChI=1S/C28H44N4O5/c1-17-12-13-19(16-18(17)2)23(24(34)31-27(3,4)5)32(20-10-9-11-20)25(35)21(14-15-22(29)33)30-26(36)37-28(6,7)8/h12-13,16,20-21,23H,9-11,14-15H2,1-8H3,(H2,29,33)(H,30,36)(H,31,34). The van der Waals surface area contributed by atoms with Gasteiger partial charge in [-0.2, -0.15) is 0 Å². The Balaban J connectivity index is 2.54. The second-order valence-electron chi connectivity index (χ2n) is 12.0. The van der Waals surface area contributed by atoms with E-state index in [1.807, 2.05) is 52.8 Å². The molecule has 0 radical (unpaired) electrons. The van der Waals surface area contributed by atoms with Crippen molar-refractivity contribution in [2.45, 2.75) is 117 Å². The Kier molecular flexibility index (Phi) is 9.74. The summed E-state index contributed by atoms with van der Waals surface area (Å²) in [5, 5.41) is 5.67. The van der Waals surface area contributed by atoms with E-state index in [1.54, 1.807) is 25.7 Å². The van der Waals surface area contributed by atoms with E-state index in [2.05, 4.69) is 10.6 Å². The summed E-state index contributed by atoms with van der Waals surface area (Å²) in [5.41, 5.74) is 6.85. The van der Waals surface area contributed by atoms with Crippen LogP contribution in [0.2, 0.25) is 0 Å². The lowest BCUT2D eigenvalue weighted by Gasteiger charge is -2.44. The van der Waals surface area contributed by atoms with Crippen LogP contribution in [0, 0.1) is 13.8 Å². The van der Waals surface area contributed by atoms with Crippen molar-refractivity contribution in [2.24, 2.45) is 5.73 Å². The minimum atomic E-state index is -1.08. The van der Waals surface area contributed by atoms with E-state index in [-0.39, 0.29) is 24.8 Å². The number of rotatable bonds is 9. The molecule has 0 spiro atoms. The Morgan fingerprint density at radius 1 is 1.05 bits per heavy atom. The van der Waals surface area contributed by atoms with Gasteiger partial charge in [-0.15, -0.1) is 0 Å². The molecule has 0 saturated heterocycles. The van der Waals surface area contributed by atoms with E-state index in [0.29, 0.717) is 5.56 Å². The molecule has 2 atom stereocenters. The van der Waals surface area contributed by atoms with Crippen molar-refractivity contribution in [3.63, 3.8) is 0 Å². The van der Waals surface area contributed by atoms with Crippen molar-refractivity contribution in [3.8, 4) is 0 Å². The first-order valence-corrected chi connectivity index (χ1v) is 13.0. The highest BCUT2D eigenvalue weighted by atomic mass is 16.6. The van der Waals surface area contributed by atoms with E-state index in [0.717, 1.165) is 30.4 Å². The van der Waals surface area contributed by atoms with Gasteiger partial charge in [0.2, 0.25) is 17.7 Å². The van der Waals surface area contributed by atoms with Crippen LogP contribution in [0.4, 0.5) is 4.79 Å². The van der Waals surface area contributed by atoms with Gasteiger partial charge in [0.25, 0.3) is 0 Å². The van der Waals surface area contributed by atoms with Crippen LogP contribution in [-0.4, -0.2) is 51.9 Å². The predicted octanol–water partition coefficient (Wildman–Crippen LogP) is 3.80. The largest absolute Gasteiger partial charge is 0.444 e. The maximum Gasteiger partial charge on any atom is 0.408 e. The van der Waals surface area contributed by atoms with Gasteiger partial charge < -0.3 is 26.0 Å². The molecule has 1 aromatic rings. The lowest BCUT2D eigenvalue weighted by molar-refractivity contribution is -0.148. The summed E-state index contributed by atoms with van der Waals surface area (Å²) in [6, 6.07) is 3.57. The van der Waals surface area contributed by atoms with Gasteiger partial charge in [0.05, 0.1) is 0 Å². The predicted molar refractivity (Wildman–Crippen MR) is 143 cm³/mol. The lowest BCUT2D eigenvalue weighted by Crippen LogP contribution is -2.58. The molecular formula is C28H44N4O5. The topological polar surface area (TPSA) is 131 Å². The highest BCUT2D eigenvalue weighted by molar-refractivity contribution is 5.93. The number of carbonyl (C=O) groups is 4. The van der Waals surface area contributed by atoms with Crippen LogP contribution in [0.25, 0.3) is 0 Å². The van der Waals surface area contributed by atoms with Crippen LogP contribution in [0.1, 0.15) is 96.4 Å². The molecule has 1 aliphatic carbocycles. The summed E-state index contributed by atoms with van der Waals surface area (Å²) in [6.45, 7) is 14.8. The average molecular weight is 517 g/mol. The number of amides is 4. The number of benzene rings is 1. The molecule has 1 aliphatic rings. The van der Waals surface area contributed by atoms with Crippen molar-refractivity contribution in [2.75, 3.05) is 0 Å². The van der Waals surface area contributed by atoms with Crippen molar-refractivity contribution in [1.29, 1.82) is 0 Å². The zero-order chi connectivity index (χ0) is 28.1. The molecule has 9 heteroatoms. The van der Waals surface area contributed by atoms with Crippen LogP contribution in [0.15, 0.2) is 18.2 Å². The monoisotopic (exact) mass is 516 g/mol. The summed E-state index contributed by atoms with van der Waals surface area (Å²) >= 11 is 0. The van der Waals surface area contributed by atoms with Gasteiger partial charge in [0.15, 0.2) is 0 Å². The minimum absolute atomic E-state index is 0.00281. The third kappa shape index (κ3) is 9.05. The Labute approximate surface area is 220 Å². The molecule has 9 nitrogen and oxygen atoms in total. The molecule has 1 aromatic carbocycles. The molecule has 0 aromatic heterocycles. The second-order valence-corrected chi connectivity index (χ2v) is 12.0. The third-order valence-electron chi connectivity index (χ3n) is 6.26. The van der Waals surface area contributed by atoms with Gasteiger partial charge in [-0.05, 0) is 97.8 Å². The molecular weight excluding hydrogens is 472 g/mol. The van der Waals surface area contributed by atoms with Gasteiger partial charge in [-0.1, -0.05) is 18.2 Å². The fourth-order valence-electron chi connectivity index (χ4n) is 4.17. The Morgan fingerprint density at radius 2 is 1.68 bits per heavy atom. The number of alkyl carbamates (subject to hydrolysis) is 1. The number of hydrogen-bond acceptors (Lipinski definition) is 5. The van der Waals surface area contributed by atoms with E-state index in [4.69, 9.17) is 10.5 Å². The first-order chi connectivity index (χ1) is 17.0. The van der Waals surface area contributed by atoms with Crippen LogP contribution >= 0.6 is 0 Å². The van der Waals surface area contributed by atoms with Crippen LogP contribution < -0.4 is 16.4 Å². The second kappa shape index (κ2) is 12.0. The summed E-state index contributed by atoms with van der Waals surface area (Å²) in [4.78, 5) is 53.7. The molecule has 0 heterocycles. The molecule has 2 rings (SSSR count). The molecule has 4 N–H and O–H groups in total. The number of hydrogen-bond donors (Lipinski definition) is 3. The fraction of sp³-hybridized carbons (Fsp3) is 0.643. The van der Waals surface area contributed by atoms with Gasteiger partial charge in [0.1, 0.15) is 17.7 Å². The SMILES string of the molecule is Cc1ccc(C(C(=O)NC(C)(C)C)N(C(=O)C(CCC(N)=O)NC(=O)OC(C)(C)C)C2CCC2)cc1C. The molecule has 1 saturated carbocycles. The third-order valence-corrected chi connectivity index (χ3v) is 6.26. The summed E-state index contributed by atoms with van der Waals surface area (Å²) < 4.78 is 5.38.